The van der Waals surface area contributed by atoms with Gasteiger partial charge in [0.15, 0.2) is 0 Å². The minimum atomic E-state index is -1.33. The molecule has 4 nitrogen and oxygen atoms in total. The highest BCUT2D eigenvalue weighted by molar-refractivity contribution is 7.89. The fourth-order valence-corrected chi connectivity index (χ4v) is 5.60. The van der Waals surface area contributed by atoms with Gasteiger partial charge >= 0.3 is 5.97 Å². The third-order valence-electron chi connectivity index (χ3n) is 5.46. The van der Waals surface area contributed by atoms with Crippen molar-refractivity contribution in [1.29, 1.82) is 0 Å². The number of carbonyl (C=O) groups is 1. The van der Waals surface area contributed by atoms with Gasteiger partial charge in [0.05, 0.1) is 6.10 Å². The predicted octanol–water partition coefficient (Wildman–Crippen LogP) is 1.91. The molecule has 1 unspecified atom stereocenters. The molecule has 0 amide bonds. The Morgan fingerprint density at radius 1 is 1.47 bits per heavy atom. The fourth-order valence-electron chi connectivity index (χ4n) is 3.97. The van der Waals surface area contributed by atoms with Crippen LogP contribution < -0.4 is 0 Å². The third kappa shape index (κ3) is 2.17. The maximum Gasteiger partial charge on any atom is 0.329 e. The second kappa shape index (κ2) is 4.70. The molecule has 2 N–H and O–H groups in total. The summed E-state index contributed by atoms with van der Waals surface area (Å²) in [6, 6.07) is 0. The normalized spacial score (nSPS) is 38.4. The summed E-state index contributed by atoms with van der Waals surface area (Å²) in [6.45, 7) is 5.88. The molecule has 2 rings (SSSR count). The summed E-state index contributed by atoms with van der Waals surface area (Å²) in [5.41, 5.74) is -0.346. The van der Waals surface area contributed by atoms with Crippen LogP contribution in [0, 0.1) is 16.7 Å². The van der Waals surface area contributed by atoms with E-state index in [-0.39, 0.29) is 10.8 Å². The number of aliphatic hydroxyl groups is 1. The molecular formula is C14H22O4S. The van der Waals surface area contributed by atoms with Gasteiger partial charge in [0, 0.05) is 32.9 Å². The van der Waals surface area contributed by atoms with Gasteiger partial charge in [-0.05, 0) is 37.5 Å². The molecule has 2 bridgehead atoms. The van der Waals surface area contributed by atoms with Crippen LogP contribution in [-0.4, -0.2) is 32.2 Å². The largest absolute Gasteiger partial charge is 0.478 e. The van der Waals surface area contributed by atoms with E-state index in [9.17, 15) is 14.1 Å². The van der Waals surface area contributed by atoms with Crippen LogP contribution in [0.1, 0.15) is 40.0 Å². The van der Waals surface area contributed by atoms with Crippen LogP contribution in [0.25, 0.3) is 0 Å². The van der Waals surface area contributed by atoms with E-state index in [2.05, 4.69) is 13.8 Å². The van der Waals surface area contributed by atoms with Gasteiger partial charge in [-0.2, -0.15) is 0 Å². The first kappa shape index (κ1) is 14.7. The molecule has 2 saturated carbocycles. The molecule has 2 aliphatic carbocycles. The van der Waals surface area contributed by atoms with Gasteiger partial charge in [0.25, 0.3) is 0 Å². The van der Waals surface area contributed by atoms with Crippen LogP contribution in [-0.2, 0) is 15.6 Å². The smallest absolute Gasteiger partial charge is 0.329 e. The Hall–Kier alpha value is -0.680. The lowest BCUT2D eigenvalue weighted by molar-refractivity contribution is -0.131. The predicted molar refractivity (Wildman–Crippen MR) is 74.0 cm³/mol. The molecule has 0 aliphatic heterocycles. The molecule has 0 saturated heterocycles. The van der Waals surface area contributed by atoms with Crippen molar-refractivity contribution in [3.05, 3.63) is 11.0 Å². The lowest BCUT2D eigenvalue weighted by atomic mass is 9.70. The summed E-state index contributed by atoms with van der Waals surface area (Å²) in [5.74, 6) is -0.213. The van der Waals surface area contributed by atoms with Gasteiger partial charge in [-0.25, -0.2) is 4.79 Å². The van der Waals surface area contributed by atoms with E-state index in [0.717, 1.165) is 25.3 Å². The second-order valence-electron chi connectivity index (χ2n) is 6.45. The molecule has 0 aromatic carbocycles. The number of rotatable bonds is 4. The van der Waals surface area contributed by atoms with Crippen molar-refractivity contribution in [2.45, 2.75) is 46.1 Å². The topological polar surface area (TPSA) is 74.6 Å². The van der Waals surface area contributed by atoms with Crippen molar-refractivity contribution in [3.63, 3.8) is 0 Å². The number of carboxylic acids is 1. The Morgan fingerprint density at radius 3 is 2.53 bits per heavy atom. The zero-order chi connectivity index (χ0) is 14.4. The molecule has 2 fully saturated rings. The van der Waals surface area contributed by atoms with Crippen molar-refractivity contribution in [2.75, 3.05) is 5.75 Å². The number of fused-ring (bicyclic) bond motifs is 2. The molecule has 4 atom stereocenters. The molecular weight excluding hydrogens is 264 g/mol. The average molecular weight is 286 g/mol. The zero-order valence-corrected chi connectivity index (χ0v) is 12.5. The van der Waals surface area contributed by atoms with E-state index in [4.69, 9.17) is 5.11 Å². The lowest BCUT2D eigenvalue weighted by Crippen LogP contribution is -2.43. The summed E-state index contributed by atoms with van der Waals surface area (Å²) in [5, 5.41) is 19.1. The van der Waals surface area contributed by atoms with E-state index >= 15 is 0 Å². The van der Waals surface area contributed by atoms with Crippen molar-refractivity contribution in [2.24, 2.45) is 16.7 Å². The van der Waals surface area contributed by atoms with Gasteiger partial charge in [0.2, 0.25) is 0 Å². The highest BCUT2D eigenvalue weighted by atomic mass is 32.2. The highest BCUT2D eigenvalue weighted by Crippen LogP contribution is 2.66. The van der Waals surface area contributed by atoms with Crippen molar-refractivity contribution >= 4 is 16.8 Å². The highest BCUT2D eigenvalue weighted by Gasteiger charge is 2.64. The van der Waals surface area contributed by atoms with Crippen LogP contribution in [0.3, 0.4) is 0 Å². The summed E-state index contributed by atoms with van der Waals surface area (Å²) in [7, 11) is -1.33. The molecule has 108 valence electrons. The molecule has 5 heteroatoms. The Bertz CT molecular complexity index is 454. The molecule has 2 aliphatic rings. The molecule has 0 aromatic rings. The maximum absolute atomic E-state index is 12.3. The third-order valence-corrected chi connectivity index (χ3v) is 7.08. The first-order valence-electron chi connectivity index (χ1n) is 6.68. The van der Waals surface area contributed by atoms with Gasteiger partial charge in [-0.3, -0.25) is 4.21 Å². The van der Waals surface area contributed by atoms with Crippen LogP contribution >= 0.6 is 0 Å². The summed E-state index contributed by atoms with van der Waals surface area (Å²) in [6.07, 6.45) is 3.34. The average Bonchev–Trinajstić information content (AvgIpc) is 2.61. The van der Waals surface area contributed by atoms with E-state index in [0.29, 0.717) is 16.6 Å². The Kier molecular flexibility index (Phi) is 3.64. The van der Waals surface area contributed by atoms with E-state index in [1.54, 1.807) is 6.92 Å². The zero-order valence-electron chi connectivity index (χ0n) is 11.7. The maximum atomic E-state index is 12.3. The van der Waals surface area contributed by atoms with Crippen LogP contribution in [0.2, 0.25) is 0 Å². The van der Waals surface area contributed by atoms with Gasteiger partial charge in [0.1, 0.15) is 0 Å². The van der Waals surface area contributed by atoms with Gasteiger partial charge in [-0.1, -0.05) is 13.8 Å². The molecule has 0 spiro atoms. The van der Waals surface area contributed by atoms with Gasteiger partial charge in [-0.15, -0.1) is 0 Å². The Balaban J connectivity index is 2.23. The van der Waals surface area contributed by atoms with Crippen LogP contribution in [0.4, 0.5) is 0 Å². The Morgan fingerprint density at radius 2 is 2.11 bits per heavy atom. The van der Waals surface area contributed by atoms with E-state index < -0.39 is 22.9 Å². The fraction of sp³-hybridized carbons (Fsp3) is 0.786. The second-order valence-corrected chi connectivity index (χ2v) is 8.07. The van der Waals surface area contributed by atoms with E-state index in [1.165, 1.54) is 0 Å². The number of hydrogen-bond donors (Lipinski definition) is 2. The molecule has 0 aromatic heterocycles. The molecule has 0 radical (unpaired) electrons. The SMILES string of the molecule is C/C(=C/C(=O)O)S(=O)C[C@]12CC[C@H](C[C@@H]1O)C2(C)C. The molecule has 0 heterocycles. The standard InChI is InChI=1S/C14H22O4S/c1-9(6-12(16)17)19(18)8-14-5-4-10(7-11(14)15)13(14,2)3/h6,10-11,15H,4-5,7-8H2,1-3H3,(H,16,17)/b9-6-/t10-,11+,14-,19?/m1/s1. The van der Waals surface area contributed by atoms with E-state index in [1.807, 2.05) is 0 Å². The van der Waals surface area contributed by atoms with Crippen LogP contribution in [0.15, 0.2) is 11.0 Å². The molecule has 19 heavy (non-hydrogen) atoms. The number of aliphatic carboxylic acids is 1. The number of carboxylic acid groups (broad SMARTS) is 1. The summed E-state index contributed by atoms with van der Waals surface area (Å²) >= 11 is 0. The van der Waals surface area contributed by atoms with Gasteiger partial charge < -0.3 is 10.2 Å². The number of aliphatic hydroxyl groups excluding tert-OH is 1. The minimum absolute atomic E-state index is 0.0222. The first-order valence-corrected chi connectivity index (χ1v) is 8.00. The first-order chi connectivity index (χ1) is 8.70. The summed E-state index contributed by atoms with van der Waals surface area (Å²) in [4.78, 5) is 11.0. The number of allylic oxidation sites excluding steroid dienone is 1. The number of hydrogen-bond acceptors (Lipinski definition) is 3. The lowest BCUT2D eigenvalue weighted by Gasteiger charge is -2.40. The Labute approximate surface area is 116 Å². The van der Waals surface area contributed by atoms with Crippen molar-refractivity contribution < 1.29 is 19.2 Å². The van der Waals surface area contributed by atoms with Crippen molar-refractivity contribution in [3.8, 4) is 0 Å². The minimum Gasteiger partial charge on any atom is -0.478 e. The van der Waals surface area contributed by atoms with Crippen LogP contribution in [0.5, 0.6) is 0 Å². The quantitative estimate of drug-likeness (QED) is 0.774. The monoisotopic (exact) mass is 286 g/mol. The van der Waals surface area contributed by atoms with Crippen molar-refractivity contribution in [1.82, 2.24) is 0 Å². The summed E-state index contributed by atoms with van der Waals surface area (Å²) < 4.78 is 12.3.